The van der Waals surface area contributed by atoms with Crippen LogP contribution < -0.4 is 4.74 Å². The van der Waals surface area contributed by atoms with Gasteiger partial charge in [0, 0.05) is 0 Å². The van der Waals surface area contributed by atoms with Gasteiger partial charge in [-0.2, -0.15) is 0 Å². The molecule has 100 valence electrons. The van der Waals surface area contributed by atoms with Gasteiger partial charge in [0.15, 0.2) is 6.10 Å². The van der Waals surface area contributed by atoms with Crippen molar-refractivity contribution in [3.63, 3.8) is 0 Å². The number of halogens is 1. The molecule has 0 aliphatic rings. The smallest absolute Gasteiger partial charge is 0.373 e. The summed E-state index contributed by atoms with van der Waals surface area (Å²) in [6.07, 6.45) is -0.363. The van der Waals surface area contributed by atoms with Crippen LogP contribution in [0.2, 0.25) is 5.02 Å². The van der Waals surface area contributed by atoms with Crippen molar-refractivity contribution in [1.29, 1.82) is 0 Å². The zero-order chi connectivity index (χ0) is 13.8. The molecule has 2 rings (SSSR count). The molecule has 1 aromatic carbocycles. The molecule has 1 unspecified atom stereocenters. The summed E-state index contributed by atoms with van der Waals surface area (Å²) in [5.74, 6) is 0.719. The number of rotatable bonds is 4. The lowest BCUT2D eigenvalue weighted by Crippen LogP contribution is -2.03. The third-order valence-corrected chi connectivity index (χ3v) is 2.87. The van der Waals surface area contributed by atoms with Crippen LogP contribution in [-0.2, 0) is 4.74 Å². The summed E-state index contributed by atoms with van der Waals surface area (Å²) in [5, 5.41) is 0.522. The van der Waals surface area contributed by atoms with Crippen LogP contribution in [0.25, 0.3) is 0 Å². The van der Waals surface area contributed by atoms with E-state index >= 15 is 0 Å². The number of furan rings is 1. The lowest BCUT2D eigenvalue weighted by Gasteiger charge is -2.13. The topological polar surface area (TPSA) is 48.7 Å². The van der Waals surface area contributed by atoms with Crippen LogP contribution in [-0.4, -0.2) is 13.1 Å². The van der Waals surface area contributed by atoms with E-state index in [1.54, 1.807) is 24.3 Å². The monoisotopic (exact) mass is 280 g/mol. The van der Waals surface area contributed by atoms with Gasteiger partial charge in [-0.1, -0.05) is 23.7 Å². The van der Waals surface area contributed by atoms with Crippen LogP contribution in [0.4, 0.5) is 0 Å². The molecule has 0 N–H and O–H groups in total. The largest absolute Gasteiger partial charge is 0.481 e. The standard InChI is InChI=1S/C14H13ClO4/c1-9(18-12-6-4-3-5-10(12)15)11-7-8-13(19-11)14(16)17-2/h3-9H,1-2H3. The number of carbonyl (C=O) groups excluding carboxylic acids is 1. The van der Waals surface area contributed by atoms with E-state index in [-0.39, 0.29) is 11.9 Å². The number of benzene rings is 1. The van der Waals surface area contributed by atoms with Crippen molar-refractivity contribution in [2.24, 2.45) is 0 Å². The summed E-state index contributed by atoms with van der Waals surface area (Å²) in [6.45, 7) is 1.81. The van der Waals surface area contributed by atoms with Crippen LogP contribution in [0.15, 0.2) is 40.8 Å². The molecule has 0 aliphatic carbocycles. The molecule has 5 heteroatoms. The van der Waals surface area contributed by atoms with Gasteiger partial charge in [-0.3, -0.25) is 0 Å². The number of hydrogen-bond acceptors (Lipinski definition) is 4. The molecule has 0 fully saturated rings. The van der Waals surface area contributed by atoms with E-state index < -0.39 is 5.97 Å². The summed E-state index contributed by atoms with van der Waals surface area (Å²) in [6, 6.07) is 10.4. The van der Waals surface area contributed by atoms with E-state index in [0.717, 1.165) is 0 Å². The zero-order valence-electron chi connectivity index (χ0n) is 10.6. The Labute approximate surface area is 115 Å². The average molecular weight is 281 g/mol. The van der Waals surface area contributed by atoms with Gasteiger partial charge >= 0.3 is 5.97 Å². The van der Waals surface area contributed by atoms with E-state index in [0.29, 0.717) is 16.5 Å². The molecule has 4 nitrogen and oxygen atoms in total. The highest BCUT2D eigenvalue weighted by molar-refractivity contribution is 6.32. The second-order valence-electron chi connectivity index (χ2n) is 3.88. The van der Waals surface area contributed by atoms with Crippen LogP contribution in [0.3, 0.4) is 0 Å². The Morgan fingerprint density at radius 3 is 2.68 bits per heavy atom. The Morgan fingerprint density at radius 1 is 1.26 bits per heavy atom. The number of para-hydroxylation sites is 1. The van der Waals surface area contributed by atoms with Crippen LogP contribution in [0.1, 0.15) is 29.3 Å². The minimum absolute atomic E-state index is 0.145. The van der Waals surface area contributed by atoms with Crippen molar-refractivity contribution in [1.82, 2.24) is 0 Å². The molecule has 1 atom stereocenters. The molecule has 0 aliphatic heterocycles. The first-order valence-corrected chi connectivity index (χ1v) is 6.09. The van der Waals surface area contributed by atoms with E-state index in [4.69, 9.17) is 20.8 Å². The fourth-order valence-electron chi connectivity index (χ4n) is 1.57. The Balaban J connectivity index is 2.12. The molecule has 2 aromatic rings. The minimum Gasteiger partial charge on any atom is -0.481 e. The predicted octanol–water partition coefficient (Wildman–Crippen LogP) is 3.86. The fourth-order valence-corrected chi connectivity index (χ4v) is 1.75. The van der Waals surface area contributed by atoms with Gasteiger partial charge in [-0.15, -0.1) is 0 Å². The summed E-state index contributed by atoms with van der Waals surface area (Å²) >= 11 is 6.00. The van der Waals surface area contributed by atoms with Gasteiger partial charge in [0.1, 0.15) is 11.5 Å². The van der Waals surface area contributed by atoms with Crippen molar-refractivity contribution in [3.05, 3.63) is 52.9 Å². The third-order valence-electron chi connectivity index (χ3n) is 2.55. The van der Waals surface area contributed by atoms with Gasteiger partial charge in [-0.25, -0.2) is 4.79 Å². The molecular weight excluding hydrogens is 268 g/mol. The predicted molar refractivity (Wildman–Crippen MR) is 70.5 cm³/mol. The van der Waals surface area contributed by atoms with Crippen molar-refractivity contribution in [2.75, 3.05) is 7.11 Å². The molecule has 1 heterocycles. The van der Waals surface area contributed by atoms with Gasteiger partial charge < -0.3 is 13.9 Å². The highest BCUT2D eigenvalue weighted by Crippen LogP contribution is 2.29. The maximum atomic E-state index is 11.3. The third kappa shape index (κ3) is 3.09. The highest BCUT2D eigenvalue weighted by Gasteiger charge is 2.17. The normalized spacial score (nSPS) is 11.9. The Morgan fingerprint density at radius 2 is 2.00 bits per heavy atom. The summed E-state index contributed by atoms with van der Waals surface area (Å²) in [7, 11) is 1.30. The Bertz CT molecular complexity index is 576. The van der Waals surface area contributed by atoms with Crippen molar-refractivity contribution in [2.45, 2.75) is 13.0 Å². The van der Waals surface area contributed by atoms with Crippen LogP contribution >= 0.6 is 11.6 Å². The first-order chi connectivity index (χ1) is 9.11. The fraction of sp³-hybridized carbons (Fsp3) is 0.214. The van der Waals surface area contributed by atoms with E-state index in [1.165, 1.54) is 7.11 Å². The molecular formula is C14H13ClO4. The van der Waals surface area contributed by atoms with Crippen molar-refractivity contribution >= 4 is 17.6 Å². The molecule has 19 heavy (non-hydrogen) atoms. The second kappa shape index (κ2) is 5.80. The number of esters is 1. The van der Waals surface area contributed by atoms with Gasteiger partial charge in [0.05, 0.1) is 12.1 Å². The summed E-state index contributed by atoms with van der Waals surface area (Å²) in [5.41, 5.74) is 0. The van der Waals surface area contributed by atoms with Crippen LogP contribution in [0, 0.1) is 0 Å². The average Bonchev–Trinajstić information content (AvgIpc) is 2.90. The lowest BCUT2D eigenvalue weighted by atomic mass is 10.3. The second-order valence-corrected chi connectivity index (χ2v) is 4.29. The maximum absolute atomic E-state index is 11.3. The van der Waals surface area contributed by atoms with Crippen molar-refractivity contribution < 1.29 is 18.7 Å². The summed E-state index contributed by atoms with van der Waals surface area (Å²) in [4.78, 5) is 11.3. The molecule has 0 amide bonds. The Hall–Kier alpha value is -1.94. The summed E-state index contributed by atoms with van der Waals surface area (Å²) < 4.78 is 15.6. The lowest BCUT2D eigenvalue weighted by molar-refractivity contribution is 0.0558. The molecule has 1 aromatic heterocycles. The molecule has 0 radical (unpaired) electrons. The minimum atomic E-state index is -0.517. The van der Waals surface area contributed by atoms with Gasteiger partial charge in [0.2, 0.25) is 5.76 Å². The van der Waals surface area contributed by atoms with E-state index in [2.05, 4.69) is 4.74 Å². The van der Waals surface area contributed by atoms with E-state index in [1.807, 2.05) is 19.1 Å². The SMILES string of the molecule is COC(=O)c1ccc(C(C)Oc2ccccc2Cl)o1. The number of methoxy groups -OCH3 is 1. The molecule has 0 spiro atoms. The molecule has 0 saturated carbocycles. The molecule has 0 bridgehead atoms. The van der Waals surface area contributed by atoms with Gasteiger partial charge in [-0.05, 0) is 31.2 Å². The van der Waals surface area contributed by atoms with Crippen molar-refractivity contribution in [3.8, 4) is 5.75 Å². The van der Waals surface area contributed by atoms with Crippen LogP contribution in [0.5, 0.6) is 5.75 Å². The number of carbonyl (C=O) groups is 1. The first-order valence-electron chi connectivity index (χ1n) is 5.71. The highest BCUT2D eigenvalue weighted by atomic mass is 35.5. The maximum Gasteiger partial charge on any atom is 0.373 e. The quantitative estimate of drug-likeness (QED) is 0.798. The first kappa shape index (κ1) is 13.5. The zero-order valence-corrected chi connectivity index (χ0v) is 11.3. The van der Waals surface area contributed by atoms with E-state index in [9.17, 15) is 4.79 Å². The number of ether oxygens (including phenoxy) is 2. The molecule has 0 saturated heterocycles. The van der Waals surface area contributed by atoms with Gasteiger partial charge in [0.25, 0.3) is 0 Å². The number of hydrogen-bond donors (Lipinski definition) is 0. The Kier molecular flexibility index (Phi) is 4.12.